The molecule has 0 aliphatic rings. The Kier molecular flexibility index (Phi) is 10.3. The molecule has 5 heteroatoms. The van der Waals surface area contributed by atoms with Crippen LogP contribution in [0.15, 0.2) is 41.3 Å². The standard InChI is InChI=1S/C28H41N3OS/c1-8-15-31(16-9-2)25-13-12-23-18-22(10-11-24(23)20-25)19-26(21-29)33-30-28(6,7)14-17-32-27(3,4)5/h10-13,18-20,30H,8-9,14-17H2,1-7H3/b26-19+. The van der Waals surface area contributed by atoms with Gasteiger partial charge in [0.2, 0.25) is 0 Å². The van der Waals surface area contributed by atoms with Crippen LogP contribution in [-0.4, -0.2) is 30.8 Å². The summed E-state index contributed by atoms with van der Waals surface area (Å²) in [6.45, 7) is 17.7. The molecule has 0 aliphatic carbocycles. The first-order valence-corrected chi connectivity index (χ1v) is 12.9. The van der Waals surface area contributed by atoms with Gasteiger partial charge in [-0.3, -0.25) is 4.72 Å². The third-order valence-corrected chi connectivity index (χ3v) is 6.39. The molecule has 0 bridgehead atoms. The molecular weight excluding hydrogens is 426 g/mol. The van der Waals surface area contributed by atoms with Crippen molar-refractivity contribution in [2.75, 3.05) is 24.6 Å². The summed E-state index contributed by atoms with van der Waals surface area (Å²) >= 11 is 1.39. The van der Waals surface area contributed by atoms with Crippen LogP contribution in [0.4, 0.5) is 5.69 Å². The van der Waals surface area contributed by atoms with E-state index >= 15 is 0 Å². The van der Waals surface area contributed by atoms with Gasteiger partial charge in [-0.05, 0) is 106 Å². The Morgan fingerprint density at radius 3 is 2.27 bits per heavy atom. The lowest BCUT2D eigenvalue weighted by molar-refractivity contribution is -0.0101. The number of nitriles is 1. The van der Waals surface area contributed by atoms with Crippen LogP contribution in [0, 0.1) is 11.3 Å². The minimum absolute atomic E-state index is 0.137. The van der Waals surface area contributed by atoms with Crippen LogP contribution in [0.3, 0.4) is 0 Å². The molecule has 0 saturated heterocycles. The number of hydrogen-bond donors (Lipinski definition) is 1. The molecule has 0 aliphatic heterocycles. The Morgan fingerprint density at radius 2 is 1.67 bits per heavy atom. The predicted molar refractivity (Wildman–Crippen MR) is 145 cm³/mol. The highest BCUT2D eigenvalue weighted by molar-refractivity contribution is 8.01. The first-order chi connectivity index (χ1) is 15.6. The van der Waals surface area contributed by atoms with Gasteiger partial charge in [-0.2, -0.15) is 5.26 Å². The molecule has 1 N–H and O–H groups in total. The van der Waals surface area contributed by atoms with Crippen LogP contribution >= 0.6 is 11.9 Å². The Balaban J connectivity index is 2.09. The number of nitrogens with one attached hydrogen (secondary N) is 1. The fourth-order valence-corrected chi connectivity index (χ4v) is 4.27. The summed E-state index contributed by atoms with van der Waals surface area (Å²) in [6.07, 6.45) is 5.10. The van der Waals surface area contributed by atoms with E-state index in [1.54, 1.807) is 0 Å². The number of fused-ring (bicyclic) bond motifs is 1. The molecule has 33 heavy (non-hydrogen) atoms. The zero-order valence-electron chi connectivity index (χ0n) is 21.5. The van der Waals surface area contributed by atoms with Gasteiger partial charge in [0.05, 0.1) is 5.60 Å². The predicted octanol–water partition coefficient (Wildman–Crippen LogP) is 7.55. The molecule has 0 atom stereocenters. The van der Waals surface area contributed by atoms with E-state index in [4.69, 9.17) is 4.74 Å². The smallest absolute Gasteiger partial charge is 0.107 e. The van der Waals surface area contributed by atoms with Crippen molar-refractivity contribution in [2.45, 2.75) is 78.9 Å². The average Bonchev–Trinajstić information content (AvgIpc) is 2.75. The molecule has 0 aromatic heterocycles. The molecule has 0 unspecified atom stereocenters. The van der Waals surface area contributed by atoms with E-state index in [-0.39, 0.29) is 11.1 Å². The molecule has 0 amide bonds. The molecule has 2 aromatic carbocycles. The Bertz CT molecular complexity index is 963. The van der Waals surface area contributed by atoms with Gasteiger partial charge >= 0.3 is 0 Å². The van der Waals surface area contributed by atoms with Gasteiger partial charge in [0, 0.05) is 30.9 Å². The number of hydrogen-bond acceptors (Lipinski definition) is 5. The molecule has 0 saturated carbocycles. The van der Waals surface area contributed by atoms with Crippen molar-refractivity contribution < 1.29 is 4.74 Å². The van der Waals surface area contributed by atoms with Gasteiger partial charge in [0.15, 0.2) is 0 Å². The van der Waals surface area contributed by atoms with Gasteiger partial charge in [-0.1, -0.05) is 32.0 Å². The van der Waals surface area contributed by atoms with E-state index in [9.17, 15) is 5.26 Å². The third kappa shape index (κ3) is 9.41. The highest BCUT2D eigenvalue weighted by Gasteiger charge is 2.20. The van der Waals surface area contributed by atoms with Crippen LogP contribution in [-0.2, 0) is 4.74 Å². The van der Waals surface area contributed by atoms with Crippen molar-refractivity contribution in [1.82, 2.24) is 4.72 Å². The number of nitrogens with zero attached hydrogens (tertiary/aromatic N) is 2. The summed E-state index contributed by atoms with van der Waals surface area (Å²) in [7, 11) is 0. The third-order valence-electron chi connectivity index (χ3n) is 5.31. The van der Waals surface area contributed by atoms with Crippen LogP contribution in [0.1, 0.15) is 73.3 Å². The molecule has 0 radical (unpaired) electrons. The Morgan fingerprint density at radius 1 is 1.03 bits per heavy atom. The van der Waals surface area contributed by atoms with Crippen LogP contribution in [0.5, 0.6) is 0 Å². The summed E-state index contributed by atoms with van der Waals surface area (Å²) in [5, 5.41) is 12.1. The summed E-state index contributed by atoms with van der Waals surface area (Å²) in [5.74, 6) is 0. The van der Waals surface area contributed by atoms with E-state index in [1.165, 1.54) is 28.4 Å². The van der Waals surface area contributed by atoms with Crippen molar-refractivity contribution in [3.05, 3.63) is 46.9 Å². The molecular formula is C28H41N3OS. The van der Waals surface area contributed by atoms with Crippen LogP contribution in [0.2, 0.25) is 0 Å². The number of rotatable bonds is 12. The molecule has 0 heterocycles. The number of ether oxygens (including phenoxy) is 1. The van der Waals surface area contributed by atoms with E-state index in [2.05, 4.69) is 101 Å². The lowest BCUT2D eigenvalue weighted by atomic mass is 10.0. The Labute approximate surface area is 205 Å². The van der Waals surface area contributed by atoms with Crippen molar-refractivity contribution in [3.8, 4) is 6.07 Å². The maximum absolute atomic E-state index is 9.67. The highest BCUT2D eigenvalue weighted by Crippen LogP contribution is 2.26. The number of anilines is 1. The lowest BCUT2D eigenvalue weighted by Crippen LogP contribution is -2.36. The maximum atomic E-state index is 9.67. The highest BCUT2D eigenvalue weighted by atomic mass is 32.2. The topological polar surface area (TPSA) is 48.3 Å². The van der Waals surface area contributed by atoms with Crippen LogP contribution in [0.25, 0.3) is 16.8 Å². The molecule has 0 fully saturated rings. The van der Waals surface area contributed by atoms with Gasteiger partial charge < -0.3 is 9.64 Å². The Hall–Kier alpha value is -2.00. The zero-order chi connectivity index (χ0) is 24.5. The average molecular weight is 468 g/mol. The minimum atomic E-state index is -0.144. The van der Waals surface area contributed by atoms with E-state index in [0.717, 1.165) is 37.9 Å². The summed E-state index contributed by atoms with van der Waals surface area (Å²) in [6, 6.07) is 15.4. The van der Waals surface area contributed by atoms with Gasteiger partial charge in [-0.15, -0.1) is 0 Å². The largest absolute Gasteiger partial charge is 0.376 e. The molecule has 2 aromatic rings. The van der Waals surface area contributed by atoms with E-state index < -0.39 is 0 Å². The van der Waals surface area contributed by atoms with Crippen LogP contribution < -0.4 is 9.62 Å². The second-order valence-electron chi connectivity index (χ2n) is 10.2. The minimum Gasteiger partial charge on any atom is -0.376 e. The van der Waals surface area contributed by atoms with E-state index in [1.807, 2.05) is 6.08 Å². The monoisotopic (exact) mass is 467 g/mol. The second kappa shape index (κ2) is 12.5. The quantitative estimate of drug-likeness (QED) is 0.258. The fourth-order valence-electron chi connectivity index (χ4n) is 3.54. The second-order valence-corrected chi connectivity index (χ2v) is 11.0. The zero-order valence-corrected chi connectivity index (χ0v) is 22.3. The van der Waals surface area contributed by atoms with Crippen molar-refractivity contribution in [3.63, 3.8) is 0 Å². The number of allylic oxidation sites excluding steroid dienone is 1. The molecule has 4 nitrogen and oxygen atoms in total. The summed E-state index contributed by atoms with van der Waals surface area (Å²) in [5.41, 5.74) is 2.04. The first-order valence-electron chi connectivity index (χ1n) is 12.1. The number of benzene rings is 2. The maximum Gasteiger partial charge on any atom is 0.107 e. The van der Waals surface area contributed by atoms with Gasteiger partial charge in [0.25, 0.3) is 0 Å². The molecule has 2 rings (SSSR count). The fraction of sp³-hybridized carbons (Fsp3) is 0.536. The van der Waals surface area contributed by atoms with Gasteiger partial charge in [0.1, 0.15) is 11.0 Å². The first kappa shape index (κ1) is 27.2. The molecule has 180 valence electrons. The lowest BCUT2D eigenvalue weighted by Gasteiger charge is -2.28. The van der Waals surface area contributed by atoms with Crippen molar-refractivity contribution >= 4 is 34.5 Å². The van der Waals surface area contributed by atoms with Crippen molar-refractivity contribution in [2.24, 2.45) is 0 Å². The van der Waals surface area contributed by atoms with Gasteiger partial charge in [-0.25, -0.2) is 0 Å². The summed E-state index contributed by atoms with van der Waals surface area (Å²) in [4.78, 5) is 3.10. The molecule has 0 spiro atoms. The van der Waals surface area contributed by atoms with E-state index in [0.29, 0.717) is 11.5 Å². The SMILES string of the molecule is CCCN(CCC)c1ccc2cc(/C=C(\C#N)SNC(C)(C)CCOC(C)(C)C)ccc2c1. The normalized spacial score (nSPS) is 12.7. The van der Waals surface area contributed by atoms with Crippen molar-refractivity contribution in [1.29, 1.82) is 5.26 Å². The summed E-state index contributed by atoms with van der Waals surface area (Å²) < 4.78 is 9.29.